The van der Waals surface area contributed by atoms with Gasteiger partial charge in [0.1, 0.15) is 0 Å². The second-order valence-electron chi connectivity index (χ2n) is 8.43. The van der Waals surface area contributed by atoms with E-state index in [-0.39, 0.29) is 5.92 Å². The van der Waals surface area contributed by atoms with Gasteiger partial charge in [-0.05, 0) is 37.7 Å². The predicted molar refractivity (Wildman–Crippen MR) is 113 cm³/mol. The lowest BCUT2D eigenvalue weighted by Gasteiger charge is -2.13. The van der Waals surface area contributed by atoms with Crippen molar-refractivity contribution in [2.75, 3.05) is 13.7 Å². The second-order valence-corrected chi connectivity index (χ2v) is 8.43. The Morgan fingerprint density at radius 1 is 0.692 bits per heavy atom. The van der Waals surface area contributed by atoms with Crippen LogP contribution in [0, 0.1) is 11.8 Å². The third kappa shape index (κ3) is 8.84. The van der Waals surface area contributed by atoms with Crippen LogP contribution in [0.3, 0.4) is 0 Å². The molecule has 1 aliphatic rings. The molecular weight excluding hydrogens is 320 g/mol. The van der Waals surface area contributed by atoms with Gasteiger partial charge in [0, 0.05) is 19.6 Å². The zero-order chi connectivity index (χ0) is 19.2. The topological polar surface area (TPSA) is 26.3 Å². The molecule has 0 aromatic rings. The van der Waals surface area contributed by atoms with Crippen molar-refractivity contribution in [2.45, 2.75) is 111 Å². The van der Waals surface area contributed by atoms with Gasteiger partial charge in [-0.2, -0.15) is 0 Å². The maximum Gasteiger partial charge on any atom is 0.161 e. The van der Waals surface area contributed by atoms with E-state index in [0.29, 0.717) is 11.7 Å². The highest BCUT2D eigenvalue weighted by Crippen LogP contribution is 2.36. The molecular formula is C24H44O2. The summed E-state index contributed by atoms with van der Waals surface area (Å²) in [5, 5.41) is 0. The summed E-state index contributed by atoms with van der Waals surface area (Å²) in [6.07, 6.45) is 18.9. The van der Waals surface area contributed by atoms with Crippen LogP contribution in [0.5, 0.6) is 0 Å². The third-order valence-electron chi connectivity index (χ3n) is 6.36. The van der Waals surface area contributed by atoms with Crippen LogP contribution in [-0.4, -0.2) is 19.5 Å². The van der Waals surface area contributed by atoms with Crippen LogP contribution in [0.1, 0.15) is 111 Å². The molecule has 0 aromatic heterocycles. The maximum atomic E-state index is 12.0. The van der Waals surface area contributed by atoms with E-state index in [9.17, 15) is 4.79 Å². The average molecular weight is 365 g/mol. The number of hydrogen-bond acceptors (Lipinski definition) is 2. The Kier molecular flexibility index (Phi) is 13.0. The van der Waals surface area contributed by atoms with Gasteiger partial charge in [-0.15, -0.1) is 0 Å². The highest BCUT2D eigenvalue weighted by molar-refractivity contribution is 6.00. The molecule has 0 N–H and O–H groups in total. The van der Waals surface area contributed by atoms with Gasteiger partial charge in [-0.3, -0.25) is 4.79 Å². The Morgan fingerprint density at radius 2 is 1.12 bits per heavy atom. The van der Waals surface area contributed by atoms with Crippen molar-refractivity contribution >= 4 is 5.78 Å². The first kappa shape index (κ1) is 23.4. The maximum absolute atomic E-state index is 12.0. The molecule has 0 aromatic carbocycles. The smallest absolute Gasteiger partial charge is 0.161 e. The molecule has 0 fully saturated rings. The molecule has 0 saturated carbocycles. The van der Waals surface area contributed by atoms with Gasteiger partial charge in [0.25, 0.3) is 0 Å². The van der Waals surface area contributed by atoms with Gasteiger partial charge >= 0.3 is 0 Å². The Bertz CT molecular complexity index is 410. The van der Waals surface area contributed by atoms with Gasteiger partial charge in [0.2, 0.25) is 0 Å². The summed E-state index contributed by atoms with van der Waals surface area (Å²) < 4.78 is 5.08. The highest BCUT2D eigenvalue weighted by Gasteiger charge is 2.32. The lowest BCUT2D eigenvalue weighted by Crippen LogP contribution is -2.10. The molecule has 0 bridgehead atoms. The summed E-state index contributed by atoms with van der Waals surface area (Å²) in [7, 11) is 1.79. The number of hydrogen-bond donors (Lipinski definition) is 0. The van der Waals surface area contributed by atoms with Crippen LogP contribution in [-0.2, 0) is 9.53 Å². The van der Waals surface area contributed by atoms with Crippen molar-refractivity contribution in [3.05, 3.63) is 11.1 Å². The van der Waals surface area contributed by atoms with E-state index < -0.39 is 0 Å². The summed E-state index contributed by atoms with van der Waals surface area (Å²) in [4.78, 5) is 12.0. The minimum absolute atomic E-state index is 0.218. The quantitative estimate of drug-likeness (QED) is 0.269. The zero-order valence-electron chi connectivity index (χ0n) is 18.1. The van der Waals surface area contributed by atoms with Crippen molar-refractivity contribution in [1.29, 1.82) is 0 Å². The fraction of sp³-hybridized carbons (Fsp3) is 0.875. The van der Waals surface area contributed by atoms with Crippen molar-refractivity contribution < 1.29 is 9.53 Å². The molecule has 0 heterocycles. The molecule has 0 amide bonds. The number of unbranched alkanes of at least 4 members (excludes halogenated alkanes) is 12. The van der Waals surface area contributed by atoms with Crippen LogP contribution in [0.2, 0.25) is 0 Å². The molecule has 0 saturated heterocycles. The van der Waals surface area contributed by atoms with Crippen molar-refractivity contribution in [1.82, 2.24) is 0 Å². The van der Waals surface area contributed by atoms with Crippen LogP contribution in [0.15, 0.2) is 11.1 Å². The molecule has 2 heteroatoms. The molecule has 2 nitrogen and oxygen atoms in total. The standard InChI is InChI=1S/C24H44O2/c1-20-21(2)24(25)22(3)23(20)18-16-14-12-10-8-6-5-7-9-11-13-15-17-19-26-4/h20-21H,5-19H2,1-4H3. The Balaban J connectivity index is 1.86. The number of carbonyl (C=O) groups is 1. The van der Waals surface area contributed by atoms with Crippen molar-refractivity contribution in [2.24, 2.45) is 11.8 Å². The van der Waals surface area contributed by atoms with Crippen LogP contribution in [0.4, 0.5) is 0 Å². The molecule has 0 radical (unpaired) electrons. The average Bonchev–Trinajstić information content (AvgIpc) is 2.82. The van der Waals surface area contributed by atoms with Gasteiger partial charge in [0.15, 0.2) is 5.78 Å². The summed E-state index contributed by atoms with van der Waals surface area (Å²) >= 11 is 0. The minimum atomic E-state index is 0.218. The molecule has 2 atom stereocenters. The molecule has 1 aliphatic carbocycles. The number of ketones is 1. The Morgan fingerprint density at radius 3 is 1.50 bits per heavy atom. The number of Topliss-reactive ketones (excluding diaryl/α,β-unsaturated/α-hetero) is 1. The number of carbonyl (C=O) groups excluding carboxylic acids is 1. The third-order valence-corrected chi connectivity index (χ3v) is 6.36. The summed E-state index contributed by atoms with van der Waals surface area (Å²) in [6, 6.07) is 0. The fourth-order valence-corrected chi connectivity index (χ4v) is 4.29. The first-order valence-electron chi connectivity index (χ1n) is 11.3. The Labute approximate surface area is 163 Å². The summed E-state index contributed by atoms with van der Waals surface area (Å²) in [6.45, 7) is 7.28. The van der Waals surface area contributed by atoms with E-state index >= 15 is 0 Å². The Hall–Kier alpha value is -0.630. The SMILES string of the molecule is COCCCCCCCCCCCCCCCC1=C(C)C(=O)C(C)C1C. The van der Waals surface area contributed by atoms with Gasteiger partial charge in [-0.25, -0.2) is 0 Å². The number of methoxy groups -OCH3 is 1. The normalized spacial score (nSPS) is 20.4. The van der Waals surface area contributed by atoms with Gasteiger partial charge in [-0.1, -0.05) is 90.0 Å². The molecule has 1 rings (SSSR count). The lowest BCUT2D eigenvalue weighted by atomic mass is 9.91. The van der Waals surface area contributed by atoms with Crippen LogP contribution in [0.25, 0.3) is 0 Å². The van der Waals surface area contributed by atoms with Crippen LogP contribution >= 0.6 is 0 Å². The molecule has 2 unspecified atom stereocenters. The van der Waals surface area contributed by atoms with Crippen LogP contribution < -0.4 is 0 Å². The van der Waals surface area contributed by atoms with Crippen molar-refractivity contribution in [3.8, 4) is 0 Å². The fourth-order valence-electron chi connectivity index (χ4n) is 4.29. The molecule has 26 heavy (non-hydrogen) atoms. The first-order chi connectivity index (χ1) is 12.6. The summed E-state index contributed by atoms with van der Waals surface area (Å²) in [5.41, 5.74) is 2.52. The lowest BCUT2D eigenvalue weighted by molar-refractivity contribution is -0.118. The van der Waals surface area contributed by atoms with Gasteiger partial charge in [0.05, 0.1) is 0 Å². The van der Waals surface area contributed by atoms with Crippen molar-refractivity contribution in [3.63, 3.8) is 0 Å². The number of rotatable bonds is 16. The van der Waals surface area contributed by atoms with E-state index in [1.54, 1.807) is 7.11 Å². The molecule has 152 valence electrons. The largest absolute Gasteiger partial charge is 0.385 e. The van der Waals surface area contributed by atoms with E-state index in [4.69, 9.17) is 4.74 Å². The van der Waals surface area contributed by atoms with E-state index in [1.165, 1.54) is 89.0 Å². The second kappa shape index (κ2) is 14.4. The predicted octanol–water partition coefficient (Wildman–Crippen LogP) is 7.27. The minimum Gasteiger partial charge on any atom is -0.385 e. The molecule has 0 spiro atoms. The van der Waals surface area contributed by atoms with Gasteiger partial charge < -0.3 is 4.74 Å². The summed E-state index contributed by atoms with van der Waals surface area (Å²) in [5.74, 6) is 1.08. The molecule has 0 aliphatic heterocycles. The van der Waals surface area contributed by atoms with E-state index in [0.717, 1.165) is 18.6 Å². The first-order valence-corrected chi connectivity index (χ1v) is 11.3. The highest BCUT2D eigenvalue weighted by atomic mass is 16.5. The van der Waals surface area contributed by atoms with E-state index in [1.807, 2.05) is 6.92 Å². The zero-order valence-corrected chi connectivity index (χ0v) is 18.1. The number of ether oxygens (including phenoxy) is 1. The monoisotopic (exact) mass is 364 g/mol. The number of allylic oxidation sites excluding steroid dienone is 2. The van der Waals surface area contributed by atoms with E-state index in [2.05, 4.69) is 13.8 Å².